The Labute approximate surface area is 346 Å². The number of carbonyl (C=O) groups is 8. The van der Waals surface area contributed by atoms with E-state index in [1.807, 2.05) is 0 Å². The quantitative estimate of drug-likeness (QED) is 0.0524. The lowest BCUT2D eigenvalue weighted by molar-refractivity contribution is -0.142. The van der Waals surface area contributed by atoms with E-state index in [-0.39, 0.29) is 25.1 Å². The number of phenols is 1. The molecule has 0 unspecified atom stereocenters. The molecule has 2 aromatic carbocycles. The standard InChI is InChI=1S/C39H52N8O11S/c1-20(2)33(46-30(49)18-40)39(58)47-34(21(3)4)38(57)45-29(17-32(52)53)37(56)44-28(15-24-6-10-25(11-7-24)41-19-59)36(55)42-22(5)35(54)43-26(16-31(50)51)14-23-8-12-27(48)13-9-23/h6-13,20-22,26,28-29,33-34,48H,14-18,40H2,1-5H3,(H,42,55)(H,43,54)(H,44,56)(H,45,57)(H,46,49)(H,47,58)(H,50,51)(H,52,53)/t22-,26+,28+,29+,33+,34+/m1/s1. The van der Waals surface area contributed by atoms with E-state index in [0.717, 1.165) is 0 Å². The van der Waals surface area contributed by atoms with Crippen molar-refractivity contribution in [2.45, 2.75) is 96.6 Å². The molecule has 0 bridgehead atoms. The minimum absolute atomic E-state index is 0.00296. The molecule has 6 atom stereocenters. The number of carboxylic acid groups (broad SMARTS) is 2. The van der Waals surface area contributed by atoms with Gasteiger partial charge in [-0.1, -0.05) is 52.0 Å². The number of hydrogen-bond acceptors (Lipinski definition) is 12. The van der Waals surface area contributed by atoms with Crippen molar-refractivity contribution in [3.8, 4) is 5.75 Å². The predicted molar refractivity (Wildman–Crippen MR) is 217 cm³/mol. The van der Waals surface area contributed by atoms with Crippen molar-refractivity contribution in [2.24, 2.45) is 22.6 Å². The molecular weight excluding hydrogens is 789 g/mol. The van der Waals surface area contributed by atoms with E-state index in [4.69, 9.17) is 5.73 Å². The van der Waals surface area contributed by atoms with Crippen LogP contribution < -0.4 is 37.6 Å². The van der Waals surface area contributed by atoms with Crippen LogP contribution in [-0.2, 0) is 51.2 Å². The molecule has 2 aromatic rings. The first-order chi connectivity index (χ1) is 27.7. The highest BCUT2D eigenvalue weighted by Crippen LogP contribution is 2.15. The second-order valence-electron chi connectivity index (χ2n) is 14.4. The molecule has 19 nitrogen and oxygen atoms in total. The molecule has 0 heterocycles. The zero-order valence-electron chi connectivity index (χ0n) is 33.3. The van der Waals surface area contributed by atoms with Crippen LogP contribution in [0.3, 0.4) is 0 Å². The van der Waals surface area contributed by atoms with E-state index in [1.54, 1.807) is 64.1 Å². The topological polar surface area (TPSA) is 308 Å². The third-order valence-corrected chi connectivity index (χ3v) is 8.92. The summed E-state index contributed by atoms with van der Waals surface area (Å²) < 4.78 is 0. The molecule has 20 heteroatoms. The van der Waals surface area contributed by atoms with Crippen molar-refractivity contribution >= 4 is 70.4 Å². The minimum atomic E-state index is -1.76. The van der Waals surface area contributed by atoms with Crippen LogP contribution in [0.4, 0.5) is 5.69 Å². The number of isothiocyanates is 1. The van der Waals surface area contributed by atoms with Crippen LogP contribution in [0.1, 0.15) is 58.6 Å². The Morgan fingerprint density at radius 3 is 1.64 bits per heavy atom. The third-order valence-electron chi connectivity index (χ3n) is 8.83. The summed E-state index contributed by atoms with van der Waals surface area (Å²) in [6.07, 6.45) is -1.50. The fourth-order valence-corrected chi connectivity index (χ4v) is 5.78. The third kappa shape index (κ3) is 17.0. The summed E-state index contributed by atoms with van der Waals surface area (Å²) in [4.78, 5) is 107. The molecule has 0 aliphatic rings. The summed E-state index contributed by atoms with van der Waals surface area (Å²) >= 11 is 4.64. The lowest BCUT2D eigenvalue weighted by Crippen LogP contribution is -2.61. The second-order valence-corrected chi connectivity index (χ2v) is 14.6. The molecule has 0 spiro atoms. The maximum absolute atomic E-state index is 13.8. The molecule has 0 aliphatic carbocycles. The number of thiocarbonyl (C=S) groups is 1. The Balaban J connectivity index is 2.36. The first kappa shape index (κ1) is 48.9. The van der Waals surface area contributed by atoms with Crippen molar-refractivity contribution in [3.63, 3.8) is 0 Å². The SMILES string of the molecule is CC(C)[C@H](NC(=O)CN)C(=O)N[C@H](C(=O)N[C@@H](CC(=O)O)C(=O)N[C@@H](Cc1ccc(N=C=S)cc1)C(=O)N[C@H](C)C(=O)N[C@H](CC(=O)O)Cc1ccc(O)cc1)C(C)C. The van der Waals surface area contributed by atoms with Gasteiger partial charge in [0.05, 0.1) is 30.2 Å². The second kappa shape index (κ2) is 23.9. The summed E-state index contributed by atoms with van der Waals surface area (Å²) in [7, 11) is 0. The molecule has 6 amide bonds. The van der Waals surface area contributed by atoms with E-state index in [2.05, 4.69) is 54.3 Å². The van der Waals surface area contributed by atoms with Gasteiger partial charge in [-0.05, 0) is 72.8 Å². The number of nitrogens with two attached hydrogens (primary N) is 1. The first-order valence-electron chi connectivity index (χ1n) is 18.6. The number of phenolic OH excluding ortho intramolecular Hbond substituents is 1. The summed E-state index contributed by atoms with van der Waals surface area (Å²) in [6.45, 7) is 7.47. The van der Waals surface area contributed by atoms with E-state index in [1.165, 1.54) is 19.1 Å². The molecule has 0 saturated carbocycles. The Hall–Kier alpha value is -6.24. The molecule has 59 heavy (non-hydrogen) atoms. The Morgan fingerprint density at radius 2 is 1.12 bits per heavy atom. The van der Waals surface area contributed by atoms with Crippen LogP contribution in [0.2, 0.25) is 0 Å². The number of aliphatic imine (C=N–C) groups is 1. The maximum atomic E-state index is 13.8. The van der Waals surface area contributed by atoms with Crippen LogP contribution in [0, 0.1) is 11.8 Å². The number of benzene rings is 2. The van der Waals surface area contributed by atoms with Gasteiger partial charge in [0.2, 0.25) is 35.4 Å². The van der Waals surface area contributed by atoms with Crippen molar-refractivity contribution < 1.29 is 53.7 Å². The summed E-state index contributed by atoms with van der Waals surface area (Å²) in [5, 5.41) is 46.0. The van der Waals surface area contributed by atoms with Crippen LogP contribution in [0.15, 0.2) is 53.5 Å². The highest BCUT2D eigenvalue weighted by molar-refractivity contribution is 7.78. The maximum Gasteiger partial charge on any atom is 0.305 e. The van der Waals surface area contributed by atoms with Gasteiger partial charge in [-0.15, -0.1) is 0 Å². The normalized spacial score (nSPS) is 13.9. The van der Waals surface area contributed by atoms with Gasteiger partial charge in [0, 0.05) is 12.5 Å². The molecule has 0 aromatic heterocycles. The van der Waals surface area contributed by atoms with Crippen molar-refractivity contribution in [3.05, 3.63) is 59.7 Å². The molecule has 2 rings (SSSR count). The van der Waals surface area contributed by atoms with E-state index in [9.17, 15) is 53.7 Å². The number of hydrogen-bond donors (Lipinski definition) is 10. The number of carbonyl (C=O) groups excluding carboxylic acids is 6. The number of aromatic hydroxyl groups is 1. The molecule has 320 valence electrons. The van der Waals surface area contributed by atoms with Gasteiger partial charge < -0.3 is 53.0 Å². The van der Waals surface area contributed by atoms with Gasteiger partial charge in [-0.25, -0.2) is 0 Å². The van der Waals surface area contributed by atoms with Crippen molar-refractivity contribution in [2.75, 3.05) is 6.54 Å². The summed E-state index contributed by atoms with van der Waals surface area (Å²) in [5.41, 5.74) is 6.94. The first-order valence-corrected chi connectivity index (χ1v) is 19.0. The molecule has 11 N–H and O–H groups in total. The zero-order chi connectivity index (χ0) is 44.4. The predicted octanol–water partition coefficient (Wildman–Crippen LogP) is 0.0605. The molecule has 0 fully saturated rings. The fraction of sp³-hybridized carbons (Fsp3) is 0.462. The number of aliphatic carboxylic acids is 2. The molecule has 0 radical (unpaired) electrons. The zero-order valence-corrected chi connectivity index (χ0v) is 34.1. The highest BCUT2D eigenvalue weighted by atomic mass is 32.1. The largest absolute Gasteiger partial charge is 0.508 e. The smallest absolute Gasteiger partial charge is 0.305 e. The van der Waals surface area contributed by atoms with Gasteiger partial charge in [0.25, 0.3) is 0 Å². The summed E-state index contributed by atoms with van der Waals surface area (Å²) in [5.74, 6) is -8.66. The average molecular weight is 841 g/mol. The number of nitrogens with zero attached hydrogens (tertiary/aromatic N) is 1. The van der Waals surface area contributed by atoms with Gasteiger partial charge >= 0.3 is 11.9 Å². The lowest BCUT2D eigenvalue weighted by Gasteiger charge is -2.29. The number of rotatable bonds is 23. The van der Waals surface area contributed by atoms with Gasteiger partial charge in [0.15, 0.2) is 0 Å². The molecule has 0 saturated heterocycles. The van der Waals surface area contributed by atoms with Crippen LogP contribution in [-0.4, -0.2) is 111 Å². The van der Waals surface area contributed by atoms with Crippen LogP contribution >= 0.6 is 12.2 Å². The Bertz CT molecular complexity index is 1870. The number of amides is 6. The lowest BCUT2D eigenvalue weighted by atomic mass is 9.99. The van der Waals surface area contributed by atoms with Gasteiger partial charge in [-0.3, -0.25) is 38.4 Å². The van der Waals surface area contributed by atoms with E-state index in [0.29, 0.717) is 16.8 Å². The van der Waals surface area contributed by atoms with E-state index >= 15 is 0 Å². The van der Waals surface area contributed by atoms with E-state index < -0.39 is 108 Å². The number of nitrogens with one attached hydrogen (secondary N) is 6. The van der Waals surface area contributed by atoms with Gasteiger partial charge in [0.1, 0.15) is 36.0 Å². The fourth-order valence-electron chi connectivity index (χ4n) is 5.67. The Morgan fingerprint density at radius 1 is 0.627 bits per heavy atom. The summed E-state index contributed by atoms with van der Waals surface area (Å²) in [6, 6.07) is 4.48. The van der Waals surface area contributed by atoms with Crippen molar-refractivity contribution in [1.29, 1.82) is 0 Å². The minimum Gasteiger partial charge on any atom is -0.508 e. The monoisotopic (exact) mass is 840 g/mol. The van der Waals surface area contributed by atoms with Crippen LogP contribution in [0.5, 0.6) is 5.75 Å². The molecule has 0 aliphatic heterocycles. The van der Waals surface area contributed by atoms with Gasteiger partial charge in [-0.2, -0.15) is 4.99 Å². The highest BCUT2D eigenvalue weighted by Gasteiger charge is 2.35. The molecular formula is C39H52N8O11S. The van der Waals surface area contributed by atoms with Crippen LogP contribution in [0.25, 0.3) is 0 Å². The number of carboxylic acids is 2. The van der Waals surface area contributed by atoms with Crippen molar-refractivity contribution in [1.82, 2.24) is 31.9 Å². The Kier molecular flexibility index (Phi) is 19.8. The average Bonchev–Trinajstić information content (AvgIpc) is 3.15.